The SMILES string of the molecule is CN(C[C@@H](CCN1CCN(C(c2ccsc2)[C@H](O)[C@@H](O)[C@H](O)CO)CC1)c1ccc(Cl)c(Cl)c1)C(=O)c1ccccc1. The van der Waals surface area contributed by atoms with Crippen molar-refractivity contribution in [3.05, 3.63) is 92.1 Å². The molecule has 0 saturated carbocycles. The average molecular weight is 637 g/mol. The van der Waals surface area contributed by atoms with Crippen LogP contribution in [0.3, 0.4) is 0 Å². The van der Waals surface area contributed by atoms with Crippen LogP contribution in [0.25, 0.3) is 0 Å². The third kappa shape index (κ3) is 8.31. The minimum absolute atomic E-state index is 0.0333. The molecule has 11 heteroatoms. The molecular formula is C31H39Cl2N3O5S. The molecule has 0 spiro atoms. The van der Waals surface area contributed by atoms with Crippen LogP contribution in [0.15, 0.2) is 65.4 Å². The van der Waals surface area contributed by atoms with E-state index in [1.807, 2.05) is 66.3 Å². The highest BCUT2D eigenvalue weighted by Gasteiger charge is 2.37. The largest absolute Gasteiger partial charge is 0.394 e. The van der Waals surface area contributed by atoms with Crippen LogP contribution in [-0.2, 0) is 0 Å². The van der Waals surface area contributed by atoms with Crippen LogP contribution < -0.4 is 0 Å². The molecule has 1 aromatic heterocycles. The lowest BCUT2D eigenvalue weighted by atomic mass is 9.93. The zero-order valence-electron chi connectivity index (χ0n) is 23.6. The van der Waals surface area contributed by atoms with Crippen molar-refractivity contribution in [2.24, 2.45) is 0 Å². The summed E-state index contributed by atoms with van der Waals surface area (Å²) < 4.78 is 0. The monoisotopic (exact) mass is 635 g/mol. The molecule has 1 saturated heterocycles. The van der Waals surface area contributed by atoms with E-state index in [0.717, 1.165) is 37.2 Å². The van der Waals surface area contributed by atoms with E-state index < -0.39 is 31.0 Å². The maximum Gasteiger partial charge on any atom is 0.253 e. The van der Waals surface area contributed by atoms with Crippen LogP contribution >= 0.6 is 34.5 Å². The second-order valence-electron chi connectivity index (χ2n) is 10.8. The first kappa shape index (κ1) is 32.9. The van der Waals surface area contributed by atoms with Crippen molar-refractivity contribution >= 4 is 40.4 Å². The molecule has 3 aromatic rings. The van der Waals surface area contributed by atoms with E-state index in [4.69, 9.17) is 23.2 Å². The fourth-order valence-corrected chi connectivity index (χ4v) is 6.53. The van der Waals surface area contributed by atoms with Gasteiger partial charge in [0.15, 0.2) is 0 Å². The van der Waals surface area contributed by atoms with Gasteiger partial charge in [0.05, 0.1) is 22.7 Å². The number of thiophene rings is 1. The Morgan fingerprint density at radius 1 is 0.952 bits per heavy atom. The number of amides is 1. The number of carbonyl (C=O) groups excluding carboxylic acids is 1. The van der Waals surface area contributed by atoms with Gasteiger partial charge < -0.3 is 30.2 Å². The van der Waals surface area contributed by atoms with Gasteiger partial charge in [-0.05, 0) is 65.2 Å². The molecule has 1 aliphatic heterocycles. The summed E-state index contributed by atoms with van der Waals surface area (Å²) in [5.74, 6) is -0.00763. The van der Waals surface area contributed by atoms with Gasteiger partial charge in [0.25, 0.3) is 5.91 Å². The van der Waals surface area contributed by atoms with Crippen LogP contribution in [0.4, 0.5) is 0 Å². The summed E-state index contributed by atoms with van der Waals surface area (Å²) in [6, 6.07) is 16.3. The third-order valence-electron chi connectivity index (χ3n) is 8.01. The smallest absolute Gasteiger partial charge is 0.253 e. The molecule has 4 rings (SSSR count). The molecule has 2 heterocycles. The van der Waals surface area contributed by atoms with Crippen molar-refractivity contribution < 1.29 is 25.2 Å². The van der Waals surface area contributed by atoms with Gasteiger partial charge in [-0.1, -0.05) is 47.5 Å². The Kier molecular flexibility index (Phi) is 12.2. The Morgan fingerprint density at radius 3 is 2.29 bits per heavy atom. The Balaban J connectivity index is 1.41. The quantitative estimate of drug-likeness (QED) is 0.227. The van der Waals surface area contributed by atoms with Crippen LogP contribution in [-0.4, -0.2) is 112 Å². The molecular weight excluding hydrogens is 597 g/mol. The minimum atomic E-state index is -1.47. The van der Waals surface area contributed by atoms with E-state index in [-0.39, 0.29) is 11.8 Å². The van der Waals surface area contributed by atoms with Gasteiger partial charge in [-0.3, -0.25) is 9.69 Å². The fourth-order valence-electron chi connectivity index (χ4n) is 5.54. The van der Waals surface area contributed by atoms with Gasteiger partial charge in [0.1, 0.15) is 18.3 Å². The molecule has 228 valence electrons. The Bertz CT molecular complexity index is 1260. The number of aliphatic hydroxyl groups is 4. The van der Waals surface area contributed by atoms with E-state index in [0.29, 0.717) is 35.2 Å². The van der Waals surface area contributed by atoms with E-state index in [2.05, 4.69) is 9.80 Å². The summed E-state index contributed by atoms with van der Waals surface area (Å²) in [5.41, 5.74) is 2.53. The highest BCUT2D eigenvalue weighted by atomic mass is 35.5. The van der Waals surface area contributed by atoms with E-state index in [1.54, 1.807) is 11.0 Å². The maximum atomic E-state index is 13.1. The standard InChI is InChI=1S/C31H39Cl2N3O5S/c1-34(31(41)21-5-3-2-4-6-21)18-23(22-7-8-25(32)26(33)17-22)9-11-35-12-14-36(15-13-35)28(24-10-16-42-20-24)30(40)29(39)27(38)19-37/h2-8,10,16-17,20,23,27-30,37-40H,9,11-15,18-19H2,1H3/t23-,27-,28?,29+,30+/m1/s1. The minimum Gasteiger partial charge on any atom is -0.394 e. The highest BCUT2D eigenvalue weighted by molar-refractivity contribution is 7.08. The van der Waals surface area contributed by atoms with E-state index >= 15 is 0 Å². The molecule has 2 aromatic carbocycles. The highest BCUT2D eigenvalue weighted by Crippen LogP contribution is 2.32. The molecule has 5 atom stereocenters. The van der Waals surface area contributed by atoms with Crippen LogP contribution in [0, 0.1) is 0 Å². The molecule has 1 amide bonds. The summed E-state index contributed by atoms with van der Waals surface area (Å²) in [5, 5.41) is 45.6. The number of halogens is 2. The number of hydrogen-bond acceptors (Lipinski definition) is 8. The topological polar surface area (TPSA) is 108 Å². The van der Waals surface area contributed by atoms with Crippen molar-refractivity contribution in [2.45, 2.75) is 36.7 Å². The van der Waals surface area contributed by atoms with Gasteiger partial charge in [0.2, 0.25) is 0 Å². The van der Waals surface area contributed by atoms with Crippen LogP contribution in [0.2, 0.25) is 10.0 Å². The average Bonchev–Trinajstić information content (AvgIpc) is 3.55. The molecule has 8 nitrogen and oxygen atoms in total. The Hall–Kier alpha value is -2.05. The van der Waals surface area contributed by atoms with Crippen molar-refractivity contribution in [2.75, 3.05) is 52.9 Å². The number of carbonyl (C=O) groups is 1. The third-order valence-corrected chi connectivity index (χ3v) is 9.45. The fraction of sp³-hybridized carbons (Fsp3) is 0.452. The molecule has 0 aliphatic carbocycles. The van der Waals surface area contributed by atoms with Crippen LogP contribution in [0.1, 0.15) is 39.9 Å². The normalized spacial score (nSPS) is 18.3. The van der Waals surface area contributed by atoms with Crippen molar-refractivity contribution in [3.8, 4) is 0 Å². The van der Waals surface area contributed by atoms with Crippen molar-refractivity contribution in [1.29, 1.82) is 0 Å². The van der Waals surface area contributed by atoms with Gasteiger partial charge >= 0.3 is 0 Å². The zero-order chi connectivity index (χ0) is 30.2. The van der Waals surface area contributed by atoms with Gasteiger partial charge in [0, 0.05) is 51.3 Å². The number of hydrogen-bond donors (Lipinski definition) is 4. The first-order chi connectivity index (χ1) is 20.2. The molecule has 1 fully saturated rings. The molecule has 0 radical (unpaired) electrons. The molecule has 1 unspecified atom stereocenters. The van der Waals surface area contributed by atoms with Gasteiger partial charge in [-0.25, -0.2) is 0 Å². The van der Waals surface area contributed by atoms with Crippen molar-refractivity contribution in [3.63, 3.8) is 0 Å². The zero-order valence-corrected chi connectivity index (χ0v) is 25.9. The summed E-state index contributed by atoms with van der Waals surface area (Å²) in [6.45, 7) is 3.49. The molecule has 4 N–H and O–H groups in total. The number of aliphatic hydroxyl groups excluding tert-OH is 4. The lowest BCUT2D eigenvalue weighted by molar-refractivity contribution is -0.108. The lowest BCUT2D eigenvalue weighted by Crippen LogP contribution is -2.53. The summed E-state index contributed by atoms with van der Waals surface area (Å²) in [6.07, 6.45) is -3.36. The van der Waals surface area contributed by atoms with Crippen molar-refractivity contribution in [1.82, 2.24) is 14.7 Å². The number of likely N-dealkylation sites (N-methyl/N-ethyl adjacent to an activating group) is 1. The first-order valence-corrected chi connectivity index (χ1v) is 15.8. The van der Waals surface area contributed by atoms with Gasteiger partial charge in [-0.15, -0.1) is 0 Å². The maximum absolute atomic E-state index is 13.1. The summed E-state index contributed by atoms with van der Waals surface area (Å²) in [4.78, 5) is 19.3. The second kappa shape index (κ2) is 15.6. The van der Waals surface area contributed by atoms with Crippen LogP contribution in [0.5, 0.6) is 0 Å². The predicted molar refractivity (Wildman–Crippen MR) is 167 cm³/mol. The number of rotatable bonds is 13. The summed E-state index contributed by atoms with van der Waals surface area (Å²) >= 11 is 14.1. The molecule has 42 heavy (non-hydrogen) atoms. The molecule has 1 aliphatic rings. The number of benzene rings is 2. The van der Waals surface area contributed by atoms with E-state index in [1.165, 1.54) is 11.3 Å². The number of nitrogens with zero attached hydrogens (tertiary/aromatic N) is 3. The molecule has 0 bridgehead atoms. The summed E-state index contributed by atoms with van der Waals surface area (Å²) in [7, 11) is 1.82. The first-order valence-electron chi connectivity index (χ1n) is 14.1. The Labute approximate surface area is 261 Å². The van der Waals surface area contributed by atoms with Gasteiger partial charge in [-0.2, -0.15) is 11.3 Å². The van der Waals surface area contributed by atoms with E-state index in [9.17, 15) is 25.2 Å². The Morgan fingerprint density at radius 2 is 1.67 bits per heavy atom. The second-order valence-corrected chi connectivity index (χ2v) is 12.4. The number of piperazine rings is 1. The lowest BCUT2D eigenvalue weighted by Gasteiger charge is -2.42. The predicted octanol–water partition coefficient (Wildman–Crippen LogP) is 3.73.